The molecule has 0 amide bonds. The highest BCUT2D eigenvalue weighted by molar-refractivity contribution is 7.98. The summed E-state index contributed by atoms with van der Waals surface area (Å²) in [6.07, 6.45) is 2.26. The number of rotatable bonds is 4. The first-order chi connectivity index (χ1) is 6.72. The quantitative estimate of drug-likeness (QED) is 0.564. The third kappa shape index (κ3) is 3.83. The molecule has 0 saturated heterocycles. The maximum atomic E-state index is 11.2. The molecule has 0 unspecified atom stereocenters. The van der Waals surface area contributed by atoms with Crippen molar-refractivity contribution in [2.45, 2.75) is 13.3 Å². The second-order valence-corrected chi connectivity index (χ2v) is 3.90. The fourth-order valence-corrected chi connectivity index (χ4v) is 1.30. The van der Waals surface area contributed by atoms with E-state index in [0.29, 0.717) is 12.4 Å². The number of aryl methyl sites for hydroxylation is 1. The van der Waals surface area contributed by atoms with E-state index in [-0.39, 0.29) is 5.97 Å². The lowest BCUT2D eigenvalue weighted by molar-refractivity contribution is -0.140. The van der Waals surface area contributed by atoms with Crippen molar-refractivity contribution in [1.29, 1.82) is 0 Å². The smallest absolute Gasteiger partial charge is 0.311 e. The summed E-state index contributed by atoms with van der Waals surface area (Å²) in [6, 6.07) is 7.90. The molecule has 76 valence electrons. The van der Waals surface area contributed by atoms with Gasteiger partial charge in [-0.05, 0) is 18.7 Å². The molecule has 0 aromatic heterocycles. The molecular weight excluding hydrogens is 196 g/mol. The van der Waals surface area contributed by atoms with Crippen LogP contribution in [0.25, 0.3) is 0 Å². The lowest BCUT2D eigenvalue weighted by Crippen LogP contribution is -2.07. The molecule has 0 fully saturated rings. The minimum absolute atomic E-state index is 0.164. The summed E-state index contributed by atoms with van der Waals surface area (Å²) in [5.74, 6) is 0.272. The zero-order valence-electron chi connectivity index (χ0n) is 8.45. The van der Waals surface area contributed by atoms with Gasteiger partial charge in [0.25, 0.3) is 0 Å². The minimum Gasteiger partial charge on any atom is -0.454 e. The van der Waals surface area contributed by atoms with Crippen molar-refractivity contribution in [2.75, 3.05) is 12.2 Å². The molecule has 0 aliphatic carbocycles. The monoisotopic (exact) mass is 210 g/mol. The molecule has 1 aromatic rings. The van der Waals surface area contributed by atoms with E-state index in [1.807, 2.05) is 37.4 Å². The van der Waals surface area contributed by atoms with Gasteiger partial charge in [-0.3, -0.25) is 4.79 Å². The average Bonchev–Trinajstić information content (AvgIpc) is 2.18. The van der Waals surface area contributed by atoms with E-state index in [4.69, 9.17) is 4.74 Å². The Labute approximate surface area is 88.7 Å². The van der Waals surface area contributed by atoms with Gasteiger partial charge in [0.15, 0.2) is 0 Å². The molecule has 2 nitrogen and oxygen atoms in total. The number of hydrogen-bond acceptors (Lipinski definition) is 3. The third-order valence-corrected chi connectivity index (χ3v) is 2.16. The van der Waals surface area contributed by atoms with Crippen LogP contribution in [0.4, 0.5) is 0 Å². The molecule has 3 heteroatoms. The number of benzene rings is 1. The zero-order valence-corrected chi connectivity index (χ0v) is 9.26. The van der Waals surface area contributed by atoms with Gasteiger partial charge in [0, 0.05) is 0 Å². The Balaban J connectivity index is 2.44. The van der Waals surface area contributed by atoms with E-state index in [1.165, 1.54) is 17.3 Å². The van der Waals surface area contributed by atoms with Crippen LogP contribution < -0.4 is 0 Å². The summed E-state index contributed by atoms with van der Waals surface area (Å²) >= 11 is 1.50. The molecule has 0 N–H and O–H groups in total. The van der Waals surface area contributed by atoms with E-state index in [1.54, 1.807) is 0 Å². The van der Waals surface area contributed by atoms with E-state index in [0.717, 1.165) is 5.56 Å². The molecule has 0 atom stereocenters. The Bertz CT molecular complexity index is 293. The molecule has 1 aromatic carbocycles. The first-order valence-corrected chi connectivity index (χ1v) is 5.82. The third-order valence-electron chi connectivity index (χ3n) is 1.81. The molecule has 0 bridgehead atoms. The minimum atomic E-state index is -0.164. The number of esters is 1. The van der Waals surface area contributed by atoms with Crippen molar-refractivity contribution < 1.29 is 9.53 Å². The van der Waals surface area contributed by atoms with Crippen LogP contribution in [0.5, 0.6) is 0 Å². The lowest BCUT2D eigenvalue weighted by Gasteiger charge is -2.02. The van der Waals surface area contributed by atoms with Gasteiger partial charge < -0.3 is 4.74 Å². The van der Waals surface area contributed by atoms with Gasteiger partial charge in [0.2, 0.25) is 0 Å². The Morgan fingerprint density at radius 3 is 2.57 bits per heavy atom. The lowest BCUT2D eigenvalue weighted by atomic mass is 10.1. The number of thioether (sulfide) groups is 1. The van der Waals surface area contributed by atoms with Crippen molar-refractivity contribution in [3.8, 4) is 0 Å². The number of ether oxygens (including phenoxy) is 1. The normalized spacial score (nSPS) is 9.86. The van der Waals surface area contributed by atoms with Gasteiger partial charge in [0.05, 0.1) is 6.42 Å². The highest BCUT2D eigenvalue weighted by Crippen LogP contribution is 2.05. The van der Waals surface area contributed by atoms with Crippen LogP contribution in [0.3, 0.4) is 0 Å². The van der Waals surface area contributed by atoms with Gasteiger partial charge in [-0.25, -0.2) is 0 Å². The zero-order chi connectivity index (χ0) is 10.4. The summed E-state index contributed by atoms with van der Waals surface area (Å²) in [6.45, 7) is 2.02. The number of hydrogen-bond donors (Lipinski definition) is 0. The van der Waals surface area contributed by atoms with Crippen molar-refractivity contribution in [2.24, 2.45) is 0 Å². The van der Waals surface area contributed by atoms with E-state index >= 15 is 0 Å². The van der Waals surface area contributed by atoms with Crippen molar-refractivity contribution in [3.63, 3.8) is 0 Å². The maximum Gasteiger partial charge on any atom is 0.311 e. The highest BCUT2D eigenvalue weighted by Gasteiger charge is 2.03. The predicted molar refractivity (Wildman–Crippen MR) is 59.4 cm³/mol. The van der Waals surface area contributed by atoms with Crippen LogP contribution in [0, 0.1) is 6.92 Å². The van der Waals surface area contributed by atoms with Gasteiger partial charge in [-0.2, -0.15) is 0 Å². The van der Waals surface area contributed by atoms with Crippen LogP contribution in [-0.4, -0.2) is 18.2 Å². The fourth-order valence-electron chi connectivity index (χ4n) is 1.05. The summed E-state index contributed by atoms with van der Waals surface area (Å²) in [5.41, 5.74) is 2.20. The summed E-state index contributed by atoms with van der Waals surface area (Å²) in [7, 11) is 0. The van der Waals surface area contributed by atoms with E-state index in [9.17, 15) is 4.79 Å². The van der Waals surface area contributed by atoms with Crippen LogP contribution in [0.2, 0.25) is 0 Å². The first-order valence-electron chi connectivity index (χ1n) is 4.42. The van der Waals surface area contributed by atoms with Crippen molar-refractivity contribution in [3.05, 3.63) is 35.4 Å². The van der Waals surface area contributed by atoms with Gasteiger partial charge in [0.1, 0.15) is 5.94 Å². The maximum absolute atomic E-state index is 11.2. The Hall–Kier alpha value is -0.960. The Kier molecular flexibility index (Phi) is 4.53. The summed E-state index contributed by atoms with van der Waals surface area (Å²) < 4.78 is 4.95. The predicted octanol–water partition coefficient (Wildman–Crippen LogP) is 2.40. The number of carbonyl (C=O) groups is 1. The first kappa shape index (κ1) is 11.1. The topological polar surface area (TPSA) is 26.3 Å². The van der Waals surface area contributed by atoms with Gasteiger partial charge in [-0.15, -0.1) is 11.8 Å². The number of carbonyl (C=O) groups excluding carboxylic acids is 1. The second kappa shape index (κ2) is 5.70. The summed E-state index contributed by atoms with van der Waals surface area (Å²) in [4.78, 5) is 11.2. The van der Waals surface area contributed by atoms with Crippen LogP contribution >= 0.6 is 11.8 Å². The van der Waals surface area contributed by atoms with Gasteiger partial charge >= 0.3 is 5.97 Å². The standard InChI is InChI=1S/C11H14O2S/c1-9-3-5-10(6-4-9)7-11(12)13-8-14-2/h3-6H,7-8H2,1-2H3. The molecule has 0 saturated carbocycles. The SMILES string of the molecule is CSCOC(=O)Cc1ccc(C)cc1. The van der Waals surface area contributed by atoms with E-state index < -0.39 is 0 Å². The largest absolute Gasteiger partial charge is 0.454 e. The Morgan fingerprint density at radius 2 is 2.00 bits per heavy atom. The van der Waals surface area contributed by atoms with Crippen molar-refractivity contribution in [1.82, 2.24) is 0 Å². The molecule has 0 radical (unpaired) electrons. The molecule has 0 spiro atoms. The van der Waals surface area contributed by atoms with Gasteiger partial charge in [-0.1, -0.05) is 29.8 Å². The molecule has 0 heterocycles. The Morgan fingerprint density at radius 1 is 1.36 bits per heavy atom. The average molecular weight is 210 g/mol. The summed E-state index contributed by atoms with van der Waals surface area (Å²) in [5, 5.41) is 0. The fraction of sp³-hybridized carbons (Fsp3) is 0.364. The molecule has 0 aliphatic rings. The second-order valence-electron chi connectivity index (χ2n) is 3.09. The molecule has 0 aliphatic heterocycles. The van der Waals surface area contributed by atoms with E-state index in [2.05, 4.69) is 0 Å². The molecular formula is C11H14O2S. The van der Waals surface area contributed by atoms with Crippen LogP contribution in [0.15, 0.2) is 24.3 Å². The van der Waals surface area contributed by atoms with Crippen LogP contribution in [0.1, 0.15) is 11.1 Å². The highest BCUT2D eigenvalue weighted by atomic mass is 32.2. The van der Waals surface area contributed by atoms with Crippen LogP contribution in [-0.2, 0) is 16.0 Å². The van der Waals surface area contributed by atoms with Crippen molar-refractivity contribution >= 4 is 17.7 Å². The molecule has 1 rings (SSSR count). The molecule has 14 heavy (non-hydrogen) atoms.